The highest BCUT2D eigenvalue weighted by Gasteiger charge is 2.38. The molecule has 0 spiro atoms. The molecule has 1 atom stereocenters. The van der Waals surface area contributed by atoms with Crippen molar-refractivity contribution in [1.82, 2.24) is 4.90 Å². The maximum Gasteiger partial charge on any atom is 0.192 e. The zero-order chi connectivity index (χ0) is 15.0. The van der Waals surface area contributed by atoms with Gasteiger partial charge < -0.3 is 15.4 Å². The smallest absolute Gasteiger partial charge is 0.192 e. The van der Waals surface area contributed by atoms with Crippen molar-refractivity contribution in [2.24, 2.45) is 10.7 Å². The number of rotatable bonds is 3. The second kappa shape index (κ2) is 4.95. The predicted octanol–water partition coefficient (Wildman–Crippen LogP) is 2.71. The average molecular weight is 283 g/mol. The Hall–Kier alpha value is -2.23. The minimum atomic E-state index is -0.160. The maximum absolute atomic E-state index is 6.01. The molecule has 21 heavy (non-hydrogen) atoms. The largest absolute Gasteiger partial charge is 0.497 e. The number of nitrogens with two attached hydrogens (primary N) is 1. The molecule has 1 aliphatic rings. The van der Waals surface area contributed by atoms with E-state index >= 15 is 0 Å². The van der Waals surface area contributed by atoms with E-state index in [1.54, 1.807) is 7.11 Å². The number of hydrogen-bond acceptors (Lipinski definition) is 4. The fourth-order valence-electron chi connectivity index (χ4n) is 3.10. The summed E-state index contributed by atoms with van der Waals surface area (Å²) < 4.78 is 5.28. The van der Waals surface area contributed by atoms with Gasteiger partial charge in [0, 0.05) is 6.54 Å². The summed E-state index contributed by atoms with van der Waals surface area (Å²) in [5.41, 5.74) is 7.09. The van der Waals surface area contributed by atoms with Crippen molar-refractivity contribution in [2.75, 3.05) is 20.2 Å². The zero-order valence-electron chi connectivity index (χ0n) is 12.8. The van der Waals surface area contributed by atoms with Crippen LogP contribution in [0.1, 0.15) is 19.4 Å². The standard InChI is InChI=1S/C17H21N3O/c1-4-20-16(18)19-11-17(20,2)14-7-5-13-10-15(21-3)8-6-12(13)9-14/h5-10H,4,11H2,1-3H3,(H2,18,19). The summed E-state index contributed by atoms with van der Waals surface area (Å²) in [5, 5.41) is 2.38. The van der Waals surface area contributed by atoms with Crippen LogP contribution in [0.5, 0.6) is 5.75 Å². The fourth-order valence-corrected chi connectivity index (χ4v) is 3.10. The van der Waals surface area contributed by atoms with Crippen LogP contribution in [0.15, 0.2) is 41.4 Å². The van der Waals surface area contributed by atoms with Crippen molar-refractivity contribution >= 4 is 16.7 Å². The third-order valence-corrected chi connectivity index (χ3v) is 4.41. The van der Waals surface area contributed by atoms with Crippen LogP contribution in [0.2, 0.25) is 0 Å². The first-order valence-electron chi connectivity index (χ1n) is 7.24. The van der Waals surface area contributed by atoms with Crippen molar-refractivity contribution in [2.45, 2.75) is 19.4 Å². The second-order valence-corrected chi connectivity index (χ2v) is 5.62. The summed E-state index contributed by atoms with van der Waals surface area (Å²) in [6, 6.07) is 12.7. The second-order valence-electron chi connectivity index (χ2n) is 5.62. The molecule has 2 aromatic rings. The summed E-state index contributed by atoms with van der Waals surface area (Å²) >= 11 is 0. The van der Waals surface area contributed by atoms with Gasteiger partial charge in [-0.1, -0.05) is 18.2 Å². The Kier molecular flexibility index (Phi) is 3.24. The van der Waals surface area contributed by atoms with E-state index in [1.165, 1.54) is 16.3 Å². The highest BCUT2D eigenvalue weighted by atomic mass is 16.5. The van der Waals surface area contributed by atoms with Crippen molar-refractivity contribution in [1.29, 1.82) is 0 Å². The van der Waals surface area contributed by atoms with E-state index in [9.17, 15) is 0 Å². The molecule has 0 radical (unpaired) electrons. The van der Waals surface area contributed by atoms with Gasteiger partial charge in [0.25, 0.3) is 0 Å². The predicted molar refractivity (Wildman–Crippen MR) is 86.7 cm³/mol. The molecule has 4 nitrogen and oxygen atoms in total. The summed E-state index contributed by atoms with van der Waals surface area (Å²) in [6.45, 7) is 5.86. The van der Waals surface area contributed by atoms with Gasteiger partial charge in [-0.05, 0) is 48.4 Å². The molecule has 0 amide bonds. The maximum atomic E-state index is 6.01. The van der Waals surface area contributed by atoms with E-state index in [0.717, 1.165) is 12.3 Å². The fraction of sp³-hybridized carbons (Fsp3) is 0.353. The Labute approximate surface area is 125 Å². The lowest BCUT2D eigenvalue weighted by atomic mass is 9.89. The molecule has 3 rings (SSSR count). The van der Waals surface area contributed by atoms with Gasteiger partial charge in [0.1, 0.15) is 5.75 Å². The highest BCUT2D eigenvalue weighted by Crippen LogP contribution is 2.34. The van der Waals surface area contributed by atoms with Crippen LogP contribution < -0.4 is 10.5 Å². The molecule has 0 saturated heterocycles. The van der Waals surface area contributed by atoms with Crippen molar-refractivity contribution in [3.05, 3.63) is 42.0 Å². The first-order chi connectivity index (χ1) is 10.1. The normalized spacial score (nSPS) is 21.7. The molecule has 0 fully saturated rings. The van der Waals surface area contributed by atoms with Gasteiger partial charge in [-0.2, -0.15) is 0 Å². The Morgan fingerprint density at radius 3 is 2.67 bits per heavy atom. The van der Waals surface area contributed by atoms with Crippen LogP contribution in [0.4, 0.5) is 0 Å². The lowest BCUT2D eigenvalue weighted by molar-refractivity contribution is 0.235. The van der Waals surface area contributed by atoms with Gasteiger partial charge in [-0.25, -0.2) is 0 Å². The quantitative estimate of drug-likeness (QED) is 0.942. The SMILES string of the molecule is CCN1C(N)=NCC1(C)c1ccc2cc(OC)ccc2c1. The van der Waals surface area contributed by atoms with E-state index in [-0.39, 0.29) is 5.54 Å². The molecule has 0 bridgehead atoms. The summed E-state index contributed by atoms with van der Waals surface area (Å²) in [4.78, 5) is 6.59. The van der Waals surface area contributed by atoms with Gasteiger partial charge in [0.15, 0.2) is 5.96 Å². The molecule has 4 heteroatoms. The van der Waals surface area contributed by atoms with E-state index < -0.39 is 0 Å². The van der Waals surface area contributed by atoms with Crippen LogP contribution in [0.3, 0.4) is 0 Å². The number of guanidine groups is 1. The first-order valence-corrected chi connectivity index (χ1v) is 7.24. The summed E-state index contributed by atoms with van der Waals surface area (Å²) in [6.07, 6.45) is 0. The van der Waals surface area contributed by atoms with Crippen molar-refractivity contribution in [3.8, 4) is 5.75 Å². The first kappa shape index (κ1) is 13.7. The Bertz CT molecular complexity index is 710. The molecule has 0 saturated carbocycles. The molecule has 2 aromatic carbocycles. The monoisotopic (exact) mass is 283 g/mol. The number of aliphatic imine (C=N–C) groups is 1. The number of hydrogen-bond donors (Lipinski definition) is 1. The van der Waals surface area contributed by atoms with E-state index in [2.05, 4.69) is 54.1 Å². The van der Waals surface area contributed by atoms with Gasteiger partial charge in [0.05, 0.1) is 19.2 Å². The van der Waals surface area contributed by atoms with Crippen LogP contribution >= 0.6 is 0 Å². The Morgan fingerprint density at radius 2 is 1.95 bits per heavy atom. The third-order valence-electron chi connectivity index (χ3n) is 4.41. The molecule has 0 aromatic heterocycles. The van der Waals surface area contributed by atoms with Crippen molar-refractivity contribution < 1.29 is 4.74 Å². The minimum absolute atomic E-state index is 0.160. The van der Waals surface area contributed by atoms with Gasteiger partial charge in [-0.3, -0.25) is 4.99 Å². The highest BCUT2D eigenvalue weighted by molar-refractivity contribution is 5.86. The van der Waals surface area contributed by atoms with Gasteiger partial charge in [0.2, 0.25) is 0 Å². The summed E-state index contributed by atoms with van der Waals surface area (Å²) in [7, 11) is 1.69. The molecular formula is C17H21N3O. The number of likely N-dealkylation sites (N-methyl/N-ethyl adjacent to an activating group) is 1. The molecule has 2 N–H and O–H groups in total. The zero-order valence-corrected chi connectivity index (χ0v) is 12.8. The number of fused-ring (bicyclic) bond motifs is 1. The van der Waals surface area contributed by atoms with Crippen LogP contribution in [-0.4, -0.2) is 31.1 Å². The van der Waals surface area contributed by atoms with E-state index in [0.29, 0.717) is 12.5 Å². The Balaban J connectivity index is 2.05. The molecular weight excluding hydrogens is 262 g/mol. The minimum Gasteiger partial charge on any atom is -0.497 e. The molecule has 110 valence electrons. The number of nitrogens with zero attached hydrogens (tertiary/aromatic N) is 2. The van der Waals surface area contributed by atoms with Crippen LogP contribution in [-0.2, 0) is 5.54 Å². The van der Waals surface area contributed by atoms with Crippen LogP contribution in [0, 0.1) is 0 Å². The lowest BCUT2D eigenvalue weighted by Gasteiger charge is -2.36. The van der Waals surface area contributed by atoms with Crippen molar-refractivity contribution in [3.63, 3.8) is 0 Å². The molecule has 1 aliphatic heterocycles. The number of benzene rings is 2. The Morgan fingerprint density at radius 1 is 1.24 bits per heavy atom. The molecule has 1 heterocycles. The molecule has 1 unspecified atom stereocenters. The van der Waals surface area contributed by atoms with Gasteiger partial charge in [-0.15, -0.1) is 0 Å². The van der Waals surface area contributed by atoms with E-state index in [1.807, 2.05) is 6.07 Å². The summed E-state index contributed by atoms with van der Waals surface area (Å²) in [5.74, 6) is 1.51. The van der Waals surface area contributed by atoms with Gasteiger partial charge >= 0.3 is 0 Å². The lowest BCUT2D eigenvalue weighted by Crippen LogP contribution is -2.47. The van der Waals surface area contributed by atoms with Crippen LogP contribution in [0.25, 0.3) is 10.8 Å². The number of methoxy groups -OCH3 is 1. The topological polar surface area (TPSA) is 50.8 Å². The van der Waals surface area contributed by atoms with E-state index in [4.69, 9.17) is 10.5 Å². The number of ether oxygens (including phenoxy) is 1. The average Bonchev–Trinajstić information content (AvgIpc) is 2.81. The molecule has 0 aliphatic carbocycles. The third kappa shape index (κ3) is 2.11.